The van der Waals surface area contributed by atoms with Crippen LogP contribution in [0.15, 0.2) is 97.3 Å². The van der Waals surface area contributed by atoms with Crippen LogP contribution in [0.5, 0.6) is 28.7 Å². The van der Waals surface area contributed by atoms with Crippen LogP contribution >= 0.6 is 43.2 Å². The Labute approximate surface area is 522 Å². The number of methoxy groups -OCH3 is 1. The molecule has 0 amide bonds. The van der Waals surface area contributed by atoms with Gasteiger partial charge in [-0.25, -0.2) is 0 Å². The molecule has 460 valence electrons. The lowest BCUT2D eigenvalue weighted by Crippen LogP contribution is -2.62. The molecule has 12 nitrogen and oxygen atoms in total. The average Bonchev–Trinajstić information content (AvgIpc) is 0.808. The summed E-state index contributed by atoms with van der Waals surface area (Å²) in [4.78, 5) is 21.0. The number of carbonyl (C=O) groups is 1. The first-order chi connectivity index (χ1) is 41.9. The van der Waals surface area contributed by atoms with Crippen molar-refractivity contribution < 1.29 is 49.6 Å². The third-order valence-electron chi connectivity index (χ3n) is 21.3. The molecule has 4 saturated carbocycles. The molecule has 86 heavy (non-hydrogen) atoms. The van der Waals surface area contributed by atoms with Crippen molar-refractivity contribution in [3.8, 4) is 28.7 Å². The number of aliphatic hydroxyl groups is 4. The van der Waals surface area contributed by atoms with Gasteiger partial charge in [0.05, 0.1) is 36.6 Å². The molecule has 2 aliphatic heterocycles. The molecule has 2 bridgehead atoms. The Morgan fingerprint density at radius 1 is 0.826 bits per heavy atom. The van der Waals surface area contributed by atoms with E-state index in [0.29, 0.717) is 59.0 Å². The number of phenols is 2. The number of phenolic OH excluding ortho intramolecular Hbond substituents is 2. The van der Waals surface area contributed by atoms with E-state index in [9.17, 15) is 30.6 Å². The molecule has 12 rings (SSSR count). The van der Waals surface area contributed by atoms with E-state index in [1.807, 2.05) is 72.7 Å². The number of hydrogen-bond donors (Lipinski definition) is 8. The van der Waals surface area contributed by atoms with Crippen molar-refractivity contribution in [2.24, 2.45) is 29.1 Å². The second-order valence-corrected chi connectivity index (χ2v) is 30.9. The van der Waals surface area contributed by atoms with Gasteiger partial charge in [0.25, 0.3) is 0 Å². The molecule has 4 aliphatic carbocycles. The Hall–Kier alpha value is -4.49. The second-order valence-electron chi connectivity index (χ2n) is 25.8. The van der Waals surface area contributed by atoms with E-state index in [1.54, 1.807) is 51.6 Å². The Kier molecular flexibility index (Phi) is 19.0. The zero-order valence-corrected chi connectivity index (χ0v) is 53.2. The lowest BCUT2D eigenvalue weighted by atomic mass is 9.52. The minimum Gasteiger partial charge on any atom is -0.508 e. The molecule has 6 aliphatic rings. The number of aromatic amines is 1. The summed E-state index contributed by atoms with van der Waals surface area (Å²) in [5.74, 6) is -0.0411. The maximum absolute atomic E-state index is 17.7. The number of rotatable bonds is 11. The molecular formula is C70H86N2O10S4. The lowest BCUT2D eigenvalue weighted by molar-refractivity contribution is -0.150. The summed E-state index contributed by atoms with van der Waals surface area (Å²) in [5, 5.41) is 79.3. The molecule has 3 heterocycles. The maximum atomic E-state index is 17.7. The molecule has 1 aromatic heterocycles. The van der Waals surface area contributed by atoms with Gasteiger partial charge in [-0.1, -0.05) is 131 Å². The largest absolute Gasteiger partial charge is 0.508 e. The normalized spacial score (nSPS) is 28.6. The van der Waals surface area contributed by atoms with E-state index in [1.165, 1.54) is 25.7 Å². The first kappa shape index (κ1) is 61.7. The SMILES string of the molecule is CCc1ccc2cccc3c2c1Cc1c(ccc(O)c1OC)CC(Cc1cc[nH]c1)C(O)C1C(=O)C(c2cc(O)cc(C4(NC)CCCCC4)c2)(C2CSSCC4CC5(CCCC5)CCC4Oc4cc2ccc4OCO)C(O)CC1CSSC3CO. The molecule has 4 fully saturated rings. The number of aromatic nitrogens is 1. The third kappa shape index (κ3) is 11.7. The summed E-state index contributed by atoms with van der Waals surface area (Å²) in [5.41, 5.74) is 6.03. The molecule has 5 aromatic carbocycles. The van der Waals surface area contributed by atoms with Crippen molar-refractivity contribution in [1.29, 1.82) is 0 Å². The number of fused-ring (bicyclic) bond motifs is 5. The van der Waals surface area contributed by atoms with Crippen LogP contribution in [0.4, 0.5) is 0 Å². The number of nitrogens with one attached hydrogen (secondary N) is 2. The first-order valence-electron chi connectivity index (χ1n) is 31.5. The zero-order valence-electron chi connectivity index (χ0n) is 49.9. The lowest BCUT2D eigenvalue weighted by Gasteiger charge is -2.53. The Bertz CT molecular complexity index is 3350. The number of aromatic hydroxyl groups is 2. The van der Waals surface area contributed by atoms with Gasteiger partial charge < -0.3 is 55.2 Å². The summed E-state index contributed by atoms with van der Waals surface area (Å²) >= 11 is 0. The molecule has 6 aromatic rings. The number of aryl methyl sites for hydroxylation is 1. The fourth-order valence-electron chi connectivity index (χ4n) is 16.9. The number of ketones is 1. The summed E-state index contributed by atoms with van der Waals surface area (Å²) in [6, 6.07) is 27.6. The minimum atomic E-state index is -1.74. The van der Waals surface area contributed by atoms with Gasteiger partial charge in [-0.05, 0) is 187 Å². The molecule has 10 unspecified atom stereocenters. The molecular weight excluding hydrogens is 1160 g/mol. The standard InChI is InChI=1S/C70H86N2O10S4/c1-4-43-13-14-44-11-10-12-53-61(37-73)86-85-38-48-30-62(77)70(51-31-50(32-52(75)33-51)69(71-2)23-6-5-7-24-69,56-40-84-83-39-49-35-68(21-8-9-22-68)25-19-58(49)82-60-29-46(56)16-18-59(60)81-41-74)67(79)64(48)65(78)47(27-42-20-26-72-36-42)28-45-15-17-57(76)66(80-3)55(45)34-54(43)63(44)53/h10-18,20,26,29,31-33,36,47-49,56,58,61-62,64-65,71-78H,4-9,19,21-25,27-28,30,34-35,37-41H2,1-3H3. The van der Waals surface area contributed by atoms with Crippen LogP contribution in [-0.4, -0.2) is 105 Å². The van der Waals surface area contributed by atoms with Gasteiger partial charge >= 0.3 is 0 Å². The Morgan fingerprint density at radius 2 is 1.62 bits per heavy atom. The van der Waals surface area contributed by atoms with Gasteiger partial charge in [0, 0.05) is 64.9 Å². The van der Waals surface area contributed by atoms with Crippen molar-refractivity contribution in [3.63, 3.8) is 0 Å². The summed E-state index contributed by atoms with van der Waals surface area (Å²) in [6.07, 6.45) is 16.0. The number of carbonyl (C=O) groups excluding carboxylic acids is 1. The van der Waals surface area contributed by atoms with Crippen LogP contribution < -0.4 is 19.5 Å². The Balaban J connectivity index is 1.06. The summed E-state index contributed by atoms with van der Waals surface area (Å²) < 4.78 is 19.3. The van der Waals surface area contributed by atoms with Crippen LogP contribution in [0.1, 0.15) is 152 Å². The van der Waals surface area contributed by atoms with Crippen LogP contribution in [0, 0.1) is 29.1 Å². The van der Waals surface area contributed by atoms with Crippen molar-refractivity contribution in [1.82, 2.24) is 10.3 Å². The highest BCUT2D eigenvalue weighted by molar-refractivity contribution is 8.77. The van der Waals surface area contributed by atoms with E-state index in [-0.39, 0.29) is 47.6 Å². The number of benzene rings is 5. The fourth-order valence-corrected chi connectivity index (χ4v) is 22.6. The number of aliphatic hydroxyl groups excluding tert-OH is 4. The highest BCUT2D eigenvalue weighted by atomic mass is 33.1. The topological polar surface area (TPSA) is 194 Å². The van der Waals surface area contributed by atoms with E-state index < -0.39 is 53.6 Å². The molecule has 16 heteroatoms. The van der Waals surface area contributed by atoms with Gasteiger partial charge in [0.15, 0.2) is 35.6 Å². The van der Waals surface area contributed by atoms with E-state index in [4.69, 9.17) is 14.2 Å². The number of hydrogen-bond acceptors (Lipinski definition) is 15. The quantitative estimate of drug-likeness (QED) is 0.0451. The van der Waals surface area contributed by atoms with E-state index >= 15 is 4.79 Å². The molecule has 0 radical (unpaired) electrons. The first-order valence-corrected chi connectivity index (χ1v) is 36.4. The molecule has 0 saturated heterocycles. The van der Waals surface area contributed by atoms with Gasteiger partial charge in [0.2, 0.25) is 0 Å². The zero-order chi connectivity index (χ0) is 59.7. The molecule has 10 atom stereocenters. The van der Waals surface area contributed by atoms with Crippen molar-refractivity contribution in [2.45, 2.75) is 157 Å². The fraction of sp³-hybridized carbons (Fsp3) is 0.529. The van der Waals surface area contributed by atoms with Gasteiger partial charge in [0.1, 0.15) is 11.9 Å². The molecule has 1 spiro atoms. The van der Waals surface area contributed by atoms with Crippen LogP contribution in [-0.2, 0) is 41.4 Å². The van der Waals surface area contributed by atoms with Gasteiger partial charge in [-0.3, -0.25) is 4.79 Å². The summed E-state index contributed by atoms with van der Waals surface area (Å²) in [6.45, 7) is 1.44. The predicted octanol–water partition coefficient (Wildman–Crippen LogP) is 13.4. The van der Waals surface area contributed by atoms with Gasteiger partial charge in [-0.2, -0.15) is 0 Å². The number of ether oxygens (including phenoxy) is 3. The van der Waals surface area contributed by atoms with Crippen molar-refractivity contribution >= 4 is 59.7 Å². The van der Waals surface area contributed by atoms with Gasteiger partial charge in [-0.15, -0.1) is 0 Å². The Morgan fingerprint density at radius 3 is 2.37 bits per heavy atom. The van der Waals surface area contributed by atoms with Crippen molar-refractivity contribution in [2.75, 3.05) is 44.8 Å². The second kappa shape index (κ2) is 26.5. The monoisotopic (exact) mass is 1240 g/mol. The van der Waals surface area contributed by atoms with E-state index in [0.717, 1.165) is 119 Å². The van der Waals surface area contributed by atoms with Crippen LogP contribution in [0.3, 0.4) is 0 Å². The highest BCUT2D eigenvalue weighted by Crippen LogP contribution is 2.59. The minimum absolute atomic E-state index is 0.00380. The highest BCUT2D eigenvalue weighted by Gasteiger charge is 2.62. The maximum Gasteiger partial charge on any atom is 0.186 e. The third-order valence-corrected chi connectivity index (χ3v) is 26.7. The average molecular weight is 1240 g/mol. The number of H-pyrrole nitrogens is 1. The predicted molar refractivity (Wildman–Crippen MR) is 349 cm³/mol. The summed E-state index contributed by atoms with van der Waals surface area (Å²) in [7, 11) is 10.2. The van der Waals surface area contributed by atoms with Crippen LogP contribution in [0.25, 0.3) is 10.8 Å². The number of Topliss-reactive ketones (excluding diaryl/α,β-unsaturated/α-hetero) is 1. The van der Waals surface area contributed by atoms with Crippen molar-refractivity contribution in [3.05, 3.63) is 147 Å². The molecule has 8 N–H and O–H groups in total. The van der Waals surface area contributed by atoms with E-state index in [2.05, 4.69) is 47.6 Å². The van der Waals surface area contributed by atoms with Crippen LogP contribution in [0.2, 0.25) is 0 Å². The smallest absolute Gasteiger partial charge is 0.186 e.